The summed E-state index contributed by atoms with van der Waals surface area (Å²) < 4.78 is 0. The van der Waals surface area contributed by atoms with Gasteiger partial charge in [0, 0.05) is 63.5 Å². The average molecular weight is 467 g/mol. The van der Waals surface area contributed by atoms with Crippen LogP contribution in [0.2, 0.25) is 0 Å². The van der Waals surface area contributed by atoms with Crippen LogP contribution in [0.4, 0.5) is 0 Å². The molecule has 0 spiro atoms. The monoisotopic (exact) mass is 466 g/mol. The summed E-state index contributed by atoms with van der Waals surface area (Å²) >= 11 is 0. The van der Waals surface area contributed by atoms with Crippen LogP contribution in [0.15, 0.2) is 24.3 Å². The molecule has 0 amide bonds. The molecule has 0 aromatic heterocycles. The second-order valence-corrected chi connectivity index (χ2v) is 11.9. The molecule has 188 valence electrons. The van der Waals surface area contributed by atoms with Crippen molar-refractivity contribution in [3.05, 3.63) is 63.2 Å². The van der Waals surface area contributed by atoms with E-state index < -0.39 is 0 Å². The van der Waals surface area contributed by atoms with Gasteiger partial charge in [-0.05, 0) is 48.3 Å². The molecule has 0 fully saturated rings. The van der Waals surface area contributed by atoms with Gasteiger partial charge in [0.2, 0.25) is 0 Å². The van der Waals surface area contributed by atoms with Crippen molar-refractivity contribution in [3.8, 4) is 5.75 Å². The molecule has 0 saturated carbocycles. The third kappa shape index (κ3) is 7.54. The molecule has 0 atom stereocenters. The number of rotatable bonds is 0. The standard InChI is InChI=1S/C29H46N4O/c1-20-8-23-12-30-16-28(4,5)18-32-14-25-10-21(2)11-26(27(25)34)15-33-19-29(6,7)17-31-13-24(9-20)22(23)3/h8-11,30-34H,12-19H2,1-7H3. The number of fused-ring (bicyclic) bond motifs is 4. The van der Waals surface area contributed by atoms with Gasteiger partial charge < -0.3 is 26.4 Å². The van der Waals surface area contributed by atoms with Crippen LogP contribution in [0.3, 0.4) is 0 Å². The van der Waals surface area contributed by atoms with Crippen LogP contribution >= 0.6 is 0 Å². The molecular weight excluding hydrogens is 420 g/mol. The first-order valence-corrected chi connectivity index (χ1v) is 12.7. The fraction of sp³-hybridized carbons (Fsp3) is 0.586. The summed E-state index contributed by atoms with van der Waals surface area (Å²) in [7, 11) is 0. The average Bonchev–Trinajstić information content (AvgIpc) is 2.73. The highest BCUT2D eigenvalue weighted by Crippen LogP contribution is 2.26. The van der Waals surface area contributed by atoms with Crippen molar-refractivity contribution in [2.24, 2.45) is 10.8 Å². The van der Waals surface area contributed by atoms with Crippen molar-refractivity contribution in [3.63, 3.8) is 0 Å². The number of hydrogen-bond donors (Lipinski definition) is 5. The SMILES string of the molecule is Cc1cc2c(C)c(c1)CNCC(C)(C)CNCc1cc(C)cc(c1O)CNCC(C)(C)CNC2. The fourth-order valence-electron chi connectivity index (χ4n) is 4.85. The fourth-order valence-corrected chi connectivity index (χ4v) is 4.85. The van der Waals surface area contributed by atoms with Gasteiger partial charge in [0.25, 0.3) is 0 Å². The van der Waals surface area contributed by atoms with Crippen LogP contribution in [0.25, 0.3) is 0 Å². The highest BCUT2D eigenvalue weighted by molar-refractivity contribution is 5.43. The molecule has 5 nitrogen and oxygen atoms in total. The van der Waals surface area contributed by atoms with Gasteiger partial charge in [-0.25, -0.2) is 0 Å². The van der Waals surface area contributed by atoms with Crippen molar-refractivity contribution in [1.82, 2.24) is 21.3 Å². The van der Waals surface area contributed by atoms with E-state index in [2.05, 4.69) is 94.0 Å². The van der Waals surface area contributed by atoms with E-state index in [0.717, 1.165) is 50.4 Å². The van der Waals surface area contributed by atoms with E-state index in [4.69, 9.17) is 0 Å². The van der Waals surface area contributed by atoms with Crippen LogP contribution in [-0.4, -0.2) is 31.3 Å². The van der Waals surface area contributed by atoms with Gasteiger partial charge in [-0.1, -0.05) is 63.1 Å². The highest BCUT2D eigenvalue weighted by Gasteiger charge is 2.20. The quantitative estimate of drug-likeness (QED) is 0.397. The van der Waals surface area contributed by atoms with Crippen LogP contribution in [0.5, 0.6) is 5.75 Å². The van der Waals surface area contributed by atoms with Crippen molar-refractivity contribution in [2.45, 2.75) is 74.6 Å². The largest absolute Gasteiger partial charge is 0.507 e. The zero-order valence-electron chi connectivity index (χ0n) is 22.4. The van der Waals surface area contributed by atoms with E-state index in [1.165, 1.54) is 27.8 Å². The summed E-state index contributed by atoms with van der Waals surface area (Å²) in [6.07, 6.45) is 0. The summed E-state index contributed by atoms with van der Waals surface area (Å²) in [6.45, 7) is 22.3. The first-order valence-electron chi connectivity index (χ1n) is 12.7. The molecule has 5 N–H and O–H groups in total. The van der Waals surface area contributed by atoms with E-state index in [0.29, 0.717) is 18.8 Å². The number of aromatic hydroxyl groups is 1. The van der Waals surface area contributed by atoms with Gasteiger partial charge in [0.05, 0.1) is 0 Å². The van der Waals surface area contributed by atoms with Crippen molar-refractivity contribution in [1.29, 1.82) is 0 Å². The maximum atomic E-state index is 10.9. The first kappa shape index (κ1) is 26.7. The van der Waals surface area contributed by atoms with Crippen LogP contribution in [0.1, 0.15) is 66.6 Å². The lowest BCUT2D eigenvalue weighted by Crippen LogP contribution is -2.38. The summed E-state index contributed by atoms with van der Waals surface area (Å²) in [5.74, 6) is 0.413. The Hall–Kier alpha value is -1.92. The Morgan fingerprint density at radius 2 is 0.853 bits per heavy atom. The first-order chi connectivity index (χ1) is 16.0. The Kier molecular flexibility index (Phi) is 8.80. The second-order valence-electron chi connectivity index (χ2n) is 11.9. The van der Waals surface area contributed by atoms with Gasteiger partial charge in [-0.15, -0.1) is 0 Å². The molecule has 0 radical (unpaired) electrons. The molecule has 1 aliphatic heterocycles. The van der Waals surface area contributed by atoms with E-state index in [-0.39, 0.29) is 10.8 Å². The molecule has 5 heteroatoms. The minimum Gasteiger partial charge on any atom is -0.507 e. The van der Waals surface area contributed by atoms with Gasteiger partial charge >= 0.3 is 0 Å². The second kappa shape index (κ2) is 11.2. The van der Waals surface area contributed by atoms with E-state index >= 15 is 0 Å². The summed E-state index contributed by atoms with van der Waals surface area (Å²) in [6, 6.07) is 8.81. The van der Waals surface area contributed by atoms with Crippen LogP contribution < -0.4 is 21.3 Å². The summed E-state index contributed by atoms with van der Waals surface area (Å²) in [5.41, 5.74) is 8.79. The molecule has 1 heterocycles. The number of phenolic OH excluding ortho intramolecular Hbond substituents is 1. The topological polar surface area (TPSA) is 68.3 Å². The van der Waals surface area contributed by atoms with Crippen LogP contribution in [0, 0.1) is 31.6 Å². The zero-order chi connectivity index (χ0) is 24.9. The smallest absolute Gasteiger partial charge is 0.124 e. The molecule has 0 saturated heterocycles. The lowest BCUT2D eigenvalue weighted by atomic mass is 9.92. The van der Waals surface area contributed by atoms with E-state index in [1.54, 1.807) is 0 Å². The number of aryl methyl sites for hydroxylation is 2. The normalized spacial score (nSPS) is 20.0. The number of nitrogens with one attached hydrogen (secondary N) is 4. The van der Waals surface area contributed by atoms with E-state index in [9.17, 15) is 5.11 Å². The van der Waals surface area contributed by atoms with E-state index in [1.807, 2.05) is 0 Å². The molecule has 34 heavy (non-hydrogen) atoms. The third-order valence-electron chi connectivity index (χ3n) is 6.86. The maximum Gasteiger partial charge on any atom is 0.124 e. The Balaban J connectivity index is 1.81. The predicted octanol–water partition coefficient (Wildman–Crippen LogP) is 4.44. The minimum absolute atomic E-state index is 0.0956. The minimum atomic E-state index is 0.0956. The molecule has 2 aromatic carbocycles. The highest BCUT2D eigenvalue weighted by atomic mass is 16.3. The predicted molar refractivity (Wildman–Crippen MR) is 143 cm³/mol. The molecule has 1 aliphatic rings. The number of benzene rings is 2. The Morgan fingerprint density at radius 3 is 1.21 bits per heavy atom. The molecule has 0 aliphatic carbocycles. The maximum absolute atomic E-state index is 10.9. The van der Waals surface area contributed by atoms with Crippen molar-refractivity contribution >= 4 is 0 Å². The number of hydrogen-bond acceptors (Lipinski definition) is 5. The van der Waals surface area contributed by atoms with Gasteiger partial charge in [-0.2, -0.15) is 0 Å². The zero-order valence-corrected chi connectivity index (χ0v) is 22.4. The van der Waals surface area contributed by atoms with Gasteiger partial charge in [0.15, 0.2) is 0 Å². The lowest BCUT2D eigenvalue weighted by Gasteiger charge is -2.27. The molecular formula is C29H46N4O. The van der Waals surface area contributed by atoms with Gasteiger partial charge in [-0.3, -0.25) is 0 Å². The van der Waals surface area contributed by atoms with Gasteiger partial charge in [0.1, 0.15) is 5.75 Å². The third-order valence-corrected chi connectivity index (χ3v) is 6.86. The molecule has 3 rings (SSSR count). The Labute approximate surface area is 207 Å². The Morgan fingerprint density at radius 1 is 0.559 bits per heavy atom. The summed E-state index contributed by atoms with van der Waals surface area (Å²) in [5, 5.41) is 25.5. The lowest BCUT2D eigenvalue weighted by molar-refractivity contribution is 0.315. The van der Waals surface area contributed by atoms with Crippen LogP contribution in [-0.2, 0) is 26.2 Å². The molecule has 0 unspecified atom stereocenters. The van der Waals surface area contributed by atoms with Crippen molar-refractivity contribution < 1.29 is 5.11 Å². The summed E-state index contributed by atoms with van der Waals surface area (Å²) in [4.78, 5) is 0. The molecule has 2 aromatic rings. The van der Waals surface area contributed by atoms with Crippen molar-refractivity contribution in [2.75, 3.05) is 26.2 Å². The molecule has 4 bridgehead atoms. The number of phenols is 1. The Bertz CT molecular complexity index is 835.